The summed E-state index contributed by atoms with van der Waals surface area (Å²) >= 11 is 0. The van der Waals surface area contributed by atoms with E-state index in [-0.39, 0.29) is 6.61 Å². The van der Waals surface area contributed by atoms with E-state index in [9.17, 15) is 0 Å². The van der Waals surface area contributed by atoms with Gasteiger partial charge in [0.15, 0.2) is 0 Å². The van der Waals surface area contributed by atoms with Crippen LogP contribution in [0, 0.1) is 0 Å². The maximum atomic E-state index is 8.65. The Morgan fingerprint density at radius 1 is 0.583 bits per heavy atom. The van der Waals surface area contributed by atoms with Gasteiger partial charge in [-0.15, -0.1) is 0 Å². The molecule has 0 aromatic heterocycles. The average Bonchev–Trinajstić information content (AvgIpc) is 2.60. The molecule has 0 saturated carbocycles. The van der Waals surface area contributed by atoms with Crippen molar-refractivity contribution in [3.05, 3.63) is 12.2 Å². The molecule has 2 N–H and O–H groups in total. The molecule has 2 heteroatoms. The summed E-state index contributed by atoms with van der Waals surface area (Å²) in [7, 11) is 0. The van der Waals surface area contributed by atoms with Gasteiger partial charge < -0.3 is 10.4 Å². The van der Waals surface area contributed by atoms with Crippen LogP contribution in [0.25, 0.3) is 0 Å². The number of rotatable bonds is 20. The summed E-state index contributed by atoms with van der Waals surface area (Å²) in [6.45, 7) is 4.34. The van der Waals surface area contributed by atoms with Crippen LogP contribution in [0.1, 0.15) is 110 Å². The normalized spacial score (nSPS) is 11.6. The molecule has 0 unspecified atom stereocenters. The minimum absolute atomic E-state index is 0.257. The zero-order valence-electron chi connectivity index (χ0n) is 16.5. The van der Waals surface area contributed by atoms with Crippen LogP contribution in [0.15, 0.2) is 12.2 Å². The Hall–Kier alpha value is -0.340. The molecule has 0 fully saturated rings. The summed E-state index contributed by atoms with van der Waals surface area (Å²) in [5.74, 6) is 0. The maximum Gasteiger partial charge on any atom is 0.0555 e. The van der Waals surface area contributed by atoms with Gasteiger partial charge in [0.2, 0.25) is 0 Å². The van der Waals surface area contributed by atoms with Gasteiger partial charge >= 0.3 is 0 Å². The van der Waals surface area contributed by atoms with E-state index in [2.05, 4.69) is 24.4 Å². The fraction of sp³-hybridized carbons (Fsp3) is 0.909. The summed E-state index contributed by atoms with van der Waals surface area (Å²) in [5.41, 5.74) is 0. The second-order valence-corrected chi connectivity index (χ2v) is 7.12. The summed E-state index contributed by atoms with van der Waals surface area (Å²) < 4.78 is 0. The highest BCUT2D eigenvalue weighted by molar-refractivity contribution is 4.81. The maximum absolute atomic E-state index is 8.65. The van der Waals surface area contributed by atoms with Crippen molar-refractivity contribution >= 4 is 0 Å². The summed E-state index contributed by atoms with van der Waals surface area (Å²) in [6.07, 6.45) is 26.8. The van der Waals surface area contributed by atoms with Crippen molar-refractivity contribution in [1.82, 2.24) is 5.32 Å². The van der Waals surface area contributed by atoms with E-state index in [1.54, 1.807) is 0 Å². The second-order valence-electron chi connectivity index (χ2n) is 7.12. The van der Waals surface area contributed by atoms with E-state index in [0.29, 0.717) is 0 Å². The fourth-order valence-electron chi connectivity index (χ4n) is 3.06. The van der Waals surface area contributed by atoms with Gasteiger partial charge in [0.05, 0.1) is 6.61 Å². The molecule has 0 saturated heterocycles. The highest BCUT2D eigenvalue weighted by Crippen LogP contribution is 2.11. The third-order valence-electron chi connectivity index (χ3n) is 4.65. The van der Waals surface area contributed by atoms with E-state index >= 15 is 0 Å². The standard InChI is InChI=1S/C22H45NO/c1-2-3-4-5-6-7-8-9-10-11-12-13-14-15-16-17-18-19-20-23-21-22-24/h11-12,23-24H,2-10,13-22H2,1H3. The Kier molecular flexibility index (Phi) is 22.3. The van der Waals surface area contributed by atoms with Gasteiger partial charge in [-0.05, 0) is 38.6 Å². The SMILES string of the molecule is CCCCCCCCCCC=CCCCCCCCCNCCO. The Labute approximate surface area is 152 Å². The van der Waals surface area contributed by atoms with Crippen molar-refractivity contribution in [3.63, 3.8) is 0 Å². The molecule has 2 nitrogen and oxygen atoms in total. The molecule has 0 spiro atoms. The first-order valence-corrected chi connectivity index (χ1v) is 10.9. The molecule has 0 aliphatic carbocycles. The number of hydrogen-bond acceptors (Lipinski definition) is 2. The van der Waals surface area contributed by atoms with E-state index in [4.69, 9.17) is 5.11 Å². The fourth-order valence-corrected chi connectivity index (χ4v) is 3.06. The molecule has 0 aromatic carbocycles. The number of aliphatic hydroxyl groups is 1. The largest absolute Gasteiger partial charge is 0.395 e. The third kappa shape index (κ3) is 21.7. The lowest BCUT2D eigenvalue weighted by Gasteiger charge is -2.02. The van der Waals surface area contributed by atoms with Crippen LogP contribution in [-0.2, 0) is 0 Å². The highest BCUT2D eigenvalue weighted by Gasteiger charge is 1.92. The van der Waals surface area contributed by atoms with Crippen LogP contribution >= 0.6 is 0 Å². The average molecular weight is 340 g/mol. The van der Waals surface area contributed by atoms with Gasteiger partial charge in [-0.3, -0.25) is 0 Å². The molecule has 0 atom stereocenters. The van der Waals surface area contributed by atoms with Gasteiger partial charge in [-0.2, -0.15) is 0 Å². The van der Waals surface area contributed by atoms with Crippen molar-refractivity contribution < 1.29 is 5.11 Å². The molecule has 0 aromatic rings. The number of hydrogen-bond donors (Lipinski definition) is 2. The predicted molar refractivity (Wildman–Crippen MR) is 109 cm³/mol. The molecule has 0 radical (unpaired) electrons. The van der Waals surface area contributed by atoms with Crippen LogP contribution in [0.4, 0.5) is 0 Å². The number of allylic oxidation sites excluding steroid dienone is 2. The third-order valence-corrected chi connectivity index (χ3v) is 4.65. The van der Waals surface area contributed by atoms with E-state index in [0.717, 1.165) is 13.1 Å². The first-order valence-electron chi connectivity index (χ1n) is 10.9. The number of aliphatic hydroxyl groups excluding tert-OH is 1. The van der Waals surface area contributed by atoms with Gasteiger partial charge in [-0.1, -0.05) is 89.7 Å². The molecule has 0 bridgehead atoms. The van der Waals surface area contributed by atoms with Crippen molar-refractivity contribution in [1.29, 1.82) is 0 Å². The van der Waals surface area contributed by atoms with Gasteiger partial charge in [-0.25, -0.2) is 0 Å². The van der Waals surface area contributed by atoms with Crippen LogP contribution in [0.2, 0.25) is 0 Å². The quantitative estimate of drug-likeness (QED) is 0.199. The minimum atomic E-state index is 0.257. The predicted octanol–water partition coefficient (Wildman–Crippen LogP) is 6.39. The summed E-state index contributed by atoms with van der Waals surface area (Å²) in [6, 6.07) is 0. The first kappa shape index (κ1) is 23.7. The Morgan fingerprint density at radius 3 is 1.54 bits per heavy atom. The van der Waals surface area contributed by atoms with Crippen molar-refractivity contribution in [3.8, 4) is 0 Å². The molecule has 24 heavy (non-hydrogen) atoms. The summed E-state index contributed by atoms with van der Waals surface area (Å²) in [4.78, 5) is 0. The molecular formula is C22H45NO. The van der Waals surface area contributed by atoms with Gasteiger partial charge in [0.25, 0.3) is 0 Å². The van der Waals surface area contributed by atoms with Gasteiger partial charge in [0.1, 0.15) is 0 Å². The van der Waals surface area contributed by atoms with Crippen LogP contribution < -0.4 is 5.32 Å². The van der Waals surface area contributed by atoms with Gasteiger partial charge in [0, 0.05) is 6.54 Å². The zero-order valence-corrected chi connectivity index (χ0v) is 16.5. The number of nitrogens with one attached hydrogen (secondary N) is 1. The van der Waals surface area contributed by atoms with Crippen molar-refractivity contribution in [2.24, 2.45) is 0 Å². The monoisotopic (exact) mass is 339 g/mol. The highest BCUT2D eigenvalue weighted by atomic mass is 16.3. The second kappa shape index (κ2) is 22.7. The molecule has 0 aliphatic rings. The lowest BCUT2D eigenvalue weighted by Crippen LogP contribution is -2.19. The van der Waals surface area contributed by atoms with Crippen LogP contribution in [0.5, 0.6) is 0 Å². The zero-order chi connectivity index (χ0) is 17.6. The van der Waals surface area contributed by atoms with Crippen LogP contribution in [0.3, 0.4) is 0 Å². The van der Waals surface area contributed by atoms with E-state index in [1.807, 2.05) is 0 Å². The van der Waals surface area contributed by atoms with Crippen molar-refractivity contribution in [2.45, 2.75) is 110 Å². The van der Waals surface area contributed by atoms with E-state index in [1.165, 1.54) is 103 Å². The lowest BCUT2D eigenvalue weighted by molar-refractivity contribution is 0.292. The smallest absolute Gasteiger partial charge is 0.0555 e. The minimum Gasteiger partial charge on any atom is -0.395 e. The molecule has 0 heterocycles. The molecule has 144 valence electrons. The molecule has 0 amide bonds. The summed E-state index contributed by atoms with van der Waals surface area (Å²) in [5, 5.41) is 11.9. The Morgan fingerprint density at radius 2 is 1.04 bits per heavy atom. The van der Waals surface area contributed by atoms with Crippen LogP contribution in [-0.4, -0.2) is 24.8 Å². The Bertz CT molecular complexity index is 240. The van der Waals surface area contributed by atoms with Crippen molar-refractivity contribution in [2.75, 3.05) is 19.7 Å². The molecule has 0 rings (SSSR count). The Balaban J connectivity index is 3.03. The first-order chi connectivity index (χ1) is 11.9. The van der Waals surface area contributed by atoms with E-state index < -0.39 is 0 Å². The number of unbranched alkanes of at least 4 members (excludes halogenated alkanes) is 14. The topological polar surface area (TPSA) is 32.3 Å². The molecular weight excluding hydrogens is 294 g/mol. The molecule has 0 aliphatic heterocycles. The lowest BCUT2D eigenvalue weighted by atomic mass is 10.1.